The second-order valence-electron chi connectivity index (χ2n) is 5.27. The van der Waals surface area contributed by atoms with E-state index in [9.17, 15) is 15.0 Å². The fourth-order valence-corrected chi connectivity index (χ4v) is 2.40. The highest BCUT2D eigenvalue weighted by Crippen LogP contribution is 2.34. The van der Waals surface area contributed by atoms with Crippen LogP contribution in [0.4, 0.5) is 0 Å². The summed E-state index contributed by atoms with van der Waals surface area (Å²) in [6.07, 6.45) is 0. The predicted octanol–water partition coefficient (Wildman–Crippen LogP) is 3.56. The largest absolute Gasteiger partial charge is 0.507 e. The number of aromatic hydroxyl groups is 2. The maximum absolute atomic E-state index is 12.5. The van der Waals surface area contributed by atoms with Gasteiger partial charge in [-0.3, -0.25) is 4.79 Å². The molecule has 0 saturated carbocycles. The number of carbonyl (C=O) groups is 1. The average molecular weight is 270 g/mol. The molecule has 3 nitrogen and oxygen atoms in total. The van der Waals surface area contributed by atoms with Crippen LogP contribution in [0.2, 0.25) is 0 Å². The van der Waals surface area contributed by atoms with Crippen molar-refractivity contribution >= 4 is 5.78 Å². The van der Waals surface area contributed by atoms with Gasteiger partial charge in [-0.15, -0.1) is 0 Å². The molecule has 0 atom stereocenters. The Morgan fingerprint density at radius 1 is 0.850 bits per heavy atom. The lowest BCUT2D eigenvalue weighted by Gasteiger charge is -2.11. The molecule has 104 valence electrons. The Balaban J connectivity index is 2.59. The van der Waals surface area contributed by atoms with Crippen molar-refractivity contribution in [2.75, 3.05) is 0 Å². The lowest BCUT2D eigenvalue weighted by molar-refractivity contribution is 0.103. The van der Waals surface area contributed by atoms with Crippen molar-refractivity contribution < 1.29 is 15.0 Å². The Bertz CT molecular complexity index is 680. The summed E-state index contributed by atoms with van der Waals surface area (Å²) < 4.78 is 0. The molecule has 0 spiro atoms. The summed E-state index contributed by atoms with van der Waals surface area (Å²) in [6.45, 7) is 7.16. The molecule has 0 radical (unpaired) electrons. The van der Waals surface area contributed by atoms with Crippen LogP contribution >= 0.6 is 0 Å². The van der Waals surface area contributed by atoms with E-state index in [2.05, 4.69) is 0 Å². The standard InChI is InChI=1S/C17H18O3/c1-9-5-10(2)7-13(6-9)17(20)14-8-11(3)15(18)12(4)16(14)19/h5-8,18-19H,1-4H3. The van der Waals surface area contributed by atoms with E-state index < -0.39 is 0 Å². The number of phenolic OH excluding ortho intramolecular Hbond substituents is 2. The number of benzene rings is 2. The topological polar surface area (TPSA) is 57.5 Å². The van der Waals surface area contributed by atoms with Crippen LogP contribution in [0.5, 0.6) is 11.5 Å². The van der Waals surface area contributed by atoms with Crippen molar-refractivity contribution in [2.45, 2.75) is 27.7 Å². The van der Waals surface area contributed by atoms with Gasteiger partial charge in [0.2, 0.25) is 0 Å². The van der Waals surface area contributed by atoms with Crippen LogP contribution in [0.15, 0.2) is 24.3 Å². The predicted molar refractivity (Wildman–Crippen MR) is 78.6 cm³/mol. The zero-order chi connectivity index (χ0) is 15.0. The highest BCUT2D eigenvalue weighted by Gasteiger charge is 2.19. The Kier molecular flexibility index (Phi) is 3.53. The van der Waals surface area contributed by atoms with E-state index in [1.807, 2.05) is 19.9 Å². The van der Waals surface area contributed by atoms with Crippen LogP contribution in [0.25, 0.3) is 0 Å². The third kappa shape index (κ3) is 2.39. The summed E-state index contributed by atoms with van der Waals surface area (Å²) in [4.78, 5) is 12.5. The van der Waals surface area contributed by atoms with Crippen molar-refractivity contribution in [2.24, 2.45) is 0 Å². The van der Waals surface area contributed by atoms with Gasteiger partial charge < -0.3 is 10.2 Å². The summed E-state index contributed by atoms with van der Waals surface area (Å²) in [5.74, 6) is -0.364. The van der Waals surface area contributed by atoms with Gasteiger partial charge in [-0.25, -0.2) is 0 Å². The van der Waals surface area contributed by atoms with Crippen LogP contribution in [0.1, 0.15) is 38.2 Å². The smallest absolute Gasteiger partial charge is 0.196 e. The van der Waals surface area contributed by atoms with Gasteiger partial charge in [0.05, 0.1) is 5.56 Å². The van der Waals surface area contributed by atoms with Gasteiger partial charge in [-0.05, 0) is 51.5 Å². The maximum atomic E-state index is 12.5. The molecule has 20 heavy (non-hydrogen) atoms. The van der Waals surface area contributed by atoms with Crippen LogP contribution in [0.3, 0.4) is 0 Å². The van der Waals surface area contributed by atoms with Crippen LogP contribution in [-0.2, 0) is 0 Å². The van der Waals surface area contributed by atoms with Gasteiger partial charge in [0.15, 0.2) is 5.78 Å². The molecule has 0 aliphatic heterocycles. The Hall–Kier alpha value is -2.29. The SMILES string of the molecule is Cc1cc(C)cc(C(=O)c2cc(C)c(O)c(C)c2O)c1. The molecular formula is C17H18O3. The first-order valence-corrected chi connectivity index (χ1v) is 6.46. The second kappa shape index (κ2) is 5.00. The molecule has 0 amide bonds. The third-order valence-electron chi connectivity index (χ3n) is 3.43. The molecule has 2 aromatic carbocycles. The Morgan fingerprint density at radius 3 is 1.95 bits per heavy atom. The minimum absolute atomic E-state index is 0.0273. The van der Waals surface area contributed by atoms with Gasteiger partial charge in [0, 0.05) is 11.1 Å². The van der Waals surface area contributed by atoms with Crippen LogP contribution in [0, 0.1) is 27.7 Å². The fourth-order valence-electron chi connectivity index (χ4n) is 2.40. The average Bonchev–Trinajstić information content (AvgIpc) is 2.38. The van der Waals surface area contributed by atoms with Gasteiger partial charge in [0.1, 0.15) is 11.5 Å². The van der Waals surface area contributed by atoms with Crippen molar-refractivity contribution in [3.8, 4) is 11.5 Å². The number of rotatable bonds is 2. The number of phenols is 2. The molecule has 3 heteroatoms. The zero-order valence-electron chi connectivity index (χ0n) is 12.1. The van der Waals surface area contributed by atoms with E-state index >= 15 is 0 Å². The Labute approximate surface area is 118 Å². The lowest BCUT2D eigenvalue weighted by atomic mass is 9.95. The molecule has 0 aliphatic carbocycles. The number of aryl methyl sites for hydroxylation is 3. The zero-order valence-corrected chi connectivity index (χ0v) is 12.1. The van der Waals surface area contributed by atoms with Crippen molar-refractivity contribution in [1.82, 2.24) is 0 Å². The summed E-state index contributed by atoms with van der Waals surface area (Å²) >= 11 is 0. The van der Waals surface area contributed by atoms with E-state index in [0.717, 1.165) is 11.1 Å². The molecule has 2 aromatic rings. The highest BCUT2D eigenvalue weighted by molar-refractivity contribution is 6.11. The van der Waals surface area contributed by atoms with Crippen molar-refractivity contribution in [3.63, 3.8) is 0 Å². The summed E-state index contributed by atoms with van der Waals surface area (Å²) in [5, 5.41) is 19.9. The summed E-state index contributed by atoms with van der Waals surface area (Å²) in [7, 11) is 0. The van der Waals surface area contributed by atoms with Gasteiger partial charge >= 0.3 is 0 Å². The molecule has 0 heterocycles. The van der Waals surface area contributed by atoms with Crippen molar-refractivity contribution in [3.05, 3.63) is 57.6 Å². The highest BCUT2D eigenvalue weighted by atomic mass is 16.3. The van der Waals surface area contributed by atoms with E-state index in [1.54, 1.807) is 26.0 Å². The molecule has 0 bridgehead atoms. The van der Waals surface area contributed by atoms with E-state index in [1.165, 1.54) is 6.07 Å². The Morgan fingerprint density at radius 2 is 1.40 bits per heavy atom. The van der Waals surface area contributed by atoms with E-state index in [-0.39, 0.29) is 22.8 Å². The molecular weight excluding hydrogens is 252 g/mol. The summed E-state index contributed by atoms with van der Waals surface area (Å²) in [6, 6.07) is 7.11. The third-order valence-corrected chi connectivity index (χ3v) is 3.43. The van der Waals surface area contributed by atoms with Crippen LogP contribution in [-0.4, -0.2) is 16.0 Å². The maximum Gasteiger partial charge on any atom is 0.196 e. The molecule has 0 unspecified atom stereocenters. The molecule has 0 fully saturated rings. The number of hydrogen-bond acceptors (Lipinski definition) is 3. The monoisotopic (exact) mass is 270 g/mol. The fraction of sp³-hybridized carbons (Fsp3) is 0.235. The quantitative estimate of drug-likeness (QED) is 0.820. The van der Waals surface area contributed by atoms with Crippen LogP contribution < -0.4 is 0 Å². The van der Waals surface area contributed by atoms with Gasteiger partial charge in [0.25, 0.3) is 0 Å². The normalized spacial score (nSPS) is 10.6. The summed E-state index contributed by atoms with van der Waals surface area (Å²) in [5.41, 5.74) is 3.68. The number of hydrogen-bond donors (Lipinski definition) is 2. The molecule has 2 N–H and O–H groups in total. The molecule has 2 rings (SSSR count). The minimum atomic E-state index is -0.236. The van der Waals surface area contributed by atoms with Gasteiger partial charge in [-0.2, -0.15) is 0 Å². The first kappa shape index (κ1) is 14.1. The molecule has 0 saturated heterocycles. The number of carbonyl (C=O) groups excluding carboxylic acids is 1. The second-order valence-corrected chi connectivity index (χ2v) is 5.27. The molecule has 0 aromatic heterocycles. The van der Waals surface area contributed by atoms with Gasteiger partial charge in [-0.1, -0.05) is 17.2 Å². The molecule has 0 aliphatic rings. The van der Waals surface area contributed by atoms with E-state index in [4.69, 9.17) is 0 Å². The first-order valence-electron chi connectivity index (χ1n) is 6.46. The lowest BCUT2D eigenvalue weighted by Crippen LogP contribution is -2.04. The van der Waals surface area contributed by atoms with E-state index in [0.29, 0.717) is 16.7 Å². The minimum Gasteiger partial charge on any atom is -0.507 e. The first-order chi connectivity index (χ1) is 9.31. The number of ketones is 1. The van der Waals surface area contributed by atoms with Crippen molar-refractivity contribution in [1.29, 1.82) is 0 Å².